The van der Waals surface area contributed by atoms with Gasteiger partial charge in [0.05, 0.1) is 24.7 Å². The minimum absolute atomic E-state index is 0.00361. The number of carboxylic acids is 1. The summed E-state index contributed by atoms with van der Waals surface area (Å²) < 4.78 is 5.32. The van der Waals surface area contributed by atoms with Crippen LogP contribution in [0.4, 0.5) is 0 Å². The normalized spacial score (nSPS) is 35.9. The molecule has 1 aliphatic carbocycles. The van der Waals surface area contributed by atoms with Crippen LogP contribution in [-0.4, -0.2) is 53.7 Å². The monoisotopic (exact) mass is 298 g/mol. The van der Waals surface area contributed by atoms with Gasteiger partial charge in [-0.2, -0.15) is 0 Å². The van der Waals surface area contributed by atoms with Gasteiger partial charge in [-0.1, -0.05) is 13.3 Å². The number of rotatable bonds is 5. The average molecular weight is 298 g/mol. The molecule has 2 fully saturated rings. The summed E-state index contributed by atoms with van der Waals surface area (Å²) in [6.07, 6.45) is 3.37. The molecule has 0 aromatic carbocycles. The zero-order valence-corrected chi connectivity index (χ0v) is 12.9. The van der Waals surface area contributed by atoms with E-state index in [1.165, 1.54) is 0 Å². The number of aliphatic carboxylic acids is 1. The van der Waals surface area contributed by atoms with Crippen molar-refractivity contribution in [1.82, 2.24) is 4.90 Å². The van der Waals surface area contributed by atoms with Gasteiger partial charge in [0, 0.05) is 12.6 Å². The van der Waals surface area contributed by atoms with E-state index in [0.29, 0.717) is 13.2 Å². The maximum atomic E-state index is 13.0. The Morgan fingerprint density at radius 3 is 2.67 bits per heavy atom. The molecule has 0 spiro atoms. The molecule has 4 unspecified atom stereocenters. The van der Waals surface area contributed by atoms with E-state index in [1.54, 1.807) is 4.90 Å². The largest absolute Gasteiger partial charge is 0.481 e. The fraction of sp³-hybridized carbons (Fsp3) is 0.867. The van der Waals surface area contributed by atoms with Crippen molar-refractivity contribution in [2.45, 2.75) is 51.6 Å². The molecule has 0 aromatic heterocycles. The fourth-order valence-corrected chi connectivity index (χ4v) is 3.53. The quantitative estimate of drug-likeness (QED) is 0.784. The number of amides is 1. The van der Waals surface area contributed by atoms with E-state index in [0.717, 1.165) is 25.7 Å². The summed E-state index contributed by atoms with van der Waals surface area (Å²) in [7, 11) is 0. The second-order valence-electron chi connectivity index (χ2n) is 6.46. The summed E-state index contributed by atoms with van der Waals surface area (Å²) in [5, 5.41) is 9.32. The molecular formula is C15H26N2O4. The van der Waals surface area contributed by atoms with Crippen molar-refractivity contribution < 1.29 is 19.4 Å². The maximum absolute atomic E-state index is 13.0. The van der Waals surface area contributed by atoms with Crippen LogP contribution in [0.3, 0.4) is 0 Å². The molecule has 1 amide bonds. The number of hydrogen-bond donors (Lipinski definition) is 2. The lowest BCUT2D eigenvalue weighted by atomic mass is 9.82. The van der Waals surface area contributed by atoms with Gasteiger partial charge in [-0.15, -0.1) is 0 Å². The molecule has 120 valence electrons. The minimum atomic E-state index is -0.896. The number of hydrogen-bond acceptors (Lipinski definition) is 4. The molecule has 6 heteroatoms. The van der Waals surface area contributed by atoms with Gasteiger partial charge in [0.1, 0.15) is 5.92 Å². The molecular weight excluding hydrogens is 272 g/mol. The Morgan fingerprint density at radius 2 is 2.14 bits per heavy atom. The van der Waals surface area contributed by atoms with Gasteiger partial charge in [-0.25, -0.2) is 0 Å². The number of carbonyl (C=O) groups is 2. The molecule has 21 heavy (non-hydrogen) atoms. The van der Waals surface area contributed by atoms with Gasteiger partial charge < -0.3 is 20.5 Å². The van der Waals surface area contributed by atoms with Gasteiger partial charge in [0.2, 0.25) is 5.91 Å². The zero-order valence-electron chi connectivity index (χ0n) is 12.9. The van der Waals surface area contributed by atoms with Crippen LogP contribution in [0.15, 0.2) is 0 Å². The van der Waals surface area contributed by atoms with Crippen LogP contribution in [-0.2, 0) is 14.3 Å². The summed E-state index contributed by atoms with van der Waals surface area (Å²) in [6.45, 7) is 4.94. The molecule has 1 aliphatic heterocycles. The van der Waals surface area contributed by atoms with Crippen molar-refractivity contribution >= 4 is 11.9 Å². The van der Waals surface area contributed by atoms with Crippen LogP contribution in [0.1, 0.15) is 39.5 Å². The SMILES string of the molecule is CCCN(C(=O)C1(C)CCCC1N)C1COCC1C(=O)O. The highest BCUT2D eigenvalue weighted by Gasteiger charge is 2.49. The van der Waals surface area contributed by atoms with Crippen LogP contribution in [0.2, 0.25) is 0 Å². The van der Waals surface area contributed by atoms with Crippen molar-refractivity contribution in [3.8, 4) is 0 Å². The van der Waals surface area contributed by atoms with Gasteiger partial charge >= 0.3 is 5.97 Å². The first-order valence-electron chi connectivity index (χ1n) is 7.79. The Hall–Kier alpha value is -1.14. The maximum Gasteiger partial charge on any atom is 0.311 e. The number of ether oxygens (including phenoxy) is 1. The van der Waals surface area contributed by atoms with E-state index in [2.05, 4.69) is 0 Å². The lowest BCUT2D eigenvalue weighted by Crippen LogP contribution is -2.55. The summed E-state index contributed by atoms with van der Waals surface area (Å²) in [6, 6.07) is -0.519. The fourth-order valence-electron chi connectivity index (χ4n) is 3.53. The highest BCUT2D eigenvalue weighted by atomic mass is 16.5. The van der Waals surface area contributed by atoms with Crippen molar-refractivity contribution in [3.63, 3.8) is 0 Å². The standard InChI is InChI=1S/C15H26N2O4/c1-3-7-17(11-9-21-8-10(11)13(18)19)14(20)15(2)6-4-5-12(15)16/h10-12H,3-9,16H2,1-2H3,(H,18,19). The Balaban J connectivity index is 2.22. The second-order valence-corrected chi connectivity index (χ2v) is 6.46. The molecule has 2 aliphatic rings. The molecule has 0 radical (unpaired) electrons. The Bertz CT molecular complexity index is 414. The van der Waals surface area contributed by atoms with Crippen LogP contribution in [0.25, 0.3) is 0 Å². The third-order valence-corrected chi connectivity index (χ3v) is 5.01. The highest BCUT2D eigenvalue weighted by molar-refractivity contribution is 5.85. The van der Waals surface area contributed by atoms with Crippen molar-refractivity contribution in [3.05, 3.63) is 0 Å². The van der Waals surface area contributed by atoms with Gasteiger partial charge in [-0.05, 0) is 26.2 Å². The van der Waals surface area contributed by atoms with E-state index in [9.17, 15) is 14.7 Å². The Labute approximate surface area is 125 Å². The van der Waals surface area contributed by atoms with E-state index in [-0.39, 0.29) is 24.6 Å². The first-order chi connectivity index (χ1) is 9.91. The van der Waals surface area contributed by atoms with Gasteiger partial charge in [0.15, 0.2) is 0 Å². The molecule has 4 atom stereocenters. The van der Waals surface area contributed by atoms with Crippen molar-refractivity contribution in [2.75, 3.05) is 19.8 Å². The molecule has 1 heterocycles. The van der Waals surface area contributed by atoms with E-state index in [4.69, 9.17) is 10.5 Å². The Kier molecular flexibility index (Phi) is 4.88. The van der Waals surface area contributed by atoms with Crippen LogP contribution in [0.5, 0.6) is 0 Å². The van der Waals surface area contributed by atoms with Crippen molar-refractivity contribution in [1.29, 1.82) is 0 Å². The van der Waals surface area contributed by atoms with E-state index < -0.39 is 17.3 Å². The van der Waals surface area contributed by atoms with Crippen molar-refractivity contribution in [2.24, 2.45) is 17.1 Å². The third kappa shape index (κ3) is 2.92. The first kappa shape index (κ1) is 16.2. The molecule has 3 N–H and O–H groups in total. The van der Waals surface area contributed by atoms with Gasteiger partial charge in [0.25, 0.3) is 0 Å². The highest BCUT2D eigenvalue weighted by Crippen LogP contribution is 2.39. The topological polar surface area (TPSA) is 92.9 Å². The number of carbonyl (C=O) groups excluding carboxylic acids is 1. The van der Waals surface area contributed by atoms with Crippen LogP contribution < -0.4 is 5.73 Å². The molecule has 2 rings (SSSR count). The molecule has 0 bridgehead atoms. The van der Waals surface area contributed by atoms with Gasteiger partial charge in [-0.3, -0.25) is 9.59 Å². The Morgan fingerprint density at radius 1 is 1.43 bits per heavy atom. The summed E-state index contributed by atoms with van der Waals surface area (Å²) in [5.41, 5.74) is 5.58. The predicted molar refractivity (Wildman–Crippen MR) is 77.7 cm³/mol. The molecule has 1 saturated heterocycles. The summed E-state index contributed by atoms with van der Waals surface area (Å²) >= 11 is 0. The minimum Gasteiger partial charge on any atom is -0.481 e. The predicted octanol–water partition coefficient (Wildman–Crippen LogP) is 0.842. The second kappa shape index (κ2) is 6.32. The zero-order chi connectivity index (χ0) is 15.6. The van der Waals surface area contributed by atoms with Crippen LogP contribution in [0, 0.1) is 11.3 Å². The first-order valence-corrected chi connectivity index (χ1v) is 7.79. The lowest BCUT2D eigenvalue weighted by Gasteiger charge is -2.38. The average Bonchev–Trinajstić information content (AvgIpc) is 3.04. The van der Waals surface area contributed by atoms with E-state index in [1.807, 2.05) is 13.8 Å². The molecule has 6 nitrogen and oxygen atoms in total. The number of carboxylic acid groups (broad SMARTS) is 1. The van der Waals surface area contributed by atoms with E-state index >= 15 is 0 Å². The third-order valence-electron chi connectivity index (χ3n) is 5.01. The van der Waals surface area contributed by atoms with Crippen LogP contribution >= 0.6 is 0 Å². The summed E-state index contributed by atoms with van der Waals surface area (Å²) in [4.78, 5) is 26.1. The number of nitrogens with two attached hydrogens (primary N) is 1. The molecule has 0 aromatic rings. The number of nitrogens with zero attached hydrogens (tertiary/aromatic N) is 1. The lowest BCUT2D eigenvalue weighted by molar-refractivity contribution is -0.149. The summed E-state index contributed by atoms with van der Waals surface area (Å²) in [5.74, 6) is -1.54. The smallest absolute Gasteiger partial charge is 0.311 e. The molecule has 1 saturated carbocycles.